The fourth-order valence-corrected chi connectivity index (χ4v) is 1.49. The van der Waals surface area contributed by atoms with Gasteiger partial charge < -0.3 is 0 Å². The van der Waals surface area contributed by atoms with E-state index in [0.717, 1.165) is 13.0 Å². The van der Waals surface area contributed by atoms with E-state index in [-0.39, 0.29) is 10.8 Å². The van der Waals surface area contributed by atoms with Gasteiger partial charge in [0.05, 0.1) is 0 Å². The summed E-state index contributed by atoms with van der Waals surface area (Å²) in [4.78, 5) is 0. The van der Waals surface area contributed by atoms with Crippen LogP contribution in [0.1, 0.15) is 41.0 Å². The van der Waals surface area contributed by atoms with Crippen molar-refractivity contribution in [1.82, 2.24) is 4.72 Å². The molecule has 0 heterocycles. The molecule has 0 fully saturated rings. The molecule has 0 rings (SSSR count). The Morgan fingerprint density at radius 3 is 1.93 bits per heavy atom. The zero-order valence-electron chi connectivity index (χ0n) is 10.4. The van der Waals surface area contributed by atoms with E-state index in [4.69, 9.17) is 0 Å². The van der Waals surface area contributed by atoms with Crippen LogP contribution in [0.2, 0.25) is 0 Å². The molecule has 0 saturated carbocycles. The second-order valence-electron chi connectivity index (χ2n) is 5.78. The van der Waals surface area contributed by atoms with E-state index in [9.17, 15) is 4.21 Å². The maximum Gasteiger partial charge on any atom is 0.0219 e. The first-order chi connectivity index (χ1) is 5.96. The second kappa shape index (κ2) is 4.23. The Balaban J connectivity index is 4.15. The number of hydrogen-bond acceptors (Lipinski definition) is 1. The van der Waals surface area contributed by atoms with Crippen LogP contribution in [0.3, 0.4) is 0 Å². The Hall–Kier alpha value is -0.0200. The monoisotopic (exact) mass is 219 g/mol. The highest BCUT2D eigenvalue weighted by Gasteiger charge is 2.31. The number of rotatable bonds is 4. The molecule has 0 radical (unpaired) electrons. The molecule has 0 spiro atoms. The number of hydrogen-bond donors (Lipinski definition) is 1. The summed E-state index contributed by atoms with van der Waals surface area (Å²) in [5, 5.41) is 0. The summed E-state index contributed by atoms with van der Waals surface area (Å²) < 4.78 is 14.3. The molecule has 0 aliphatic heterocycles. The van der Waals surface area contributed by atoms with Crippen molar-refractivity contribution in [2.45, 2.75) is 41.0 Å². The fraction of sp³-hybridized carbons (Fsp3) is 0.909. The van der Waals surface area contributed by atoms with Gasteiger partial charge in [0.2, 0.25) is 0 Å². The summed E-state index contributed by atoms with van der Waals surface area (Å²) in [7, 11) is -2.04. The largest absolute Gasteiger partial charge is 0.253 e. The maximum atomic E-state index is 11.3. The van der Waals surface area contributed by atoms with Crippen LogP contribution in [0.5, 0.6) is 0 Å². The zero-order valence-corrected chi connectivity index (χ0v) is 11.3. The summed E-state index contributed by atoms with van der Waals surface area (Å²) in [6.45, 7) is 12.0. The highest BCUT2D eigenvalue weighted by atomic mass is 32.2. The molecule has 1 atom stereocenters. The molecule has 0 aromatic heterocycles. The Bertz CT molecular complexity index is 270. The first kappa shape index (κ1) is 14.0. The van der Waals surface area contributed by atoms with Gasteiger partial charge in [-0.15, -0.1) is 0 Å². The third-order valence-corrected chi connectivity index (χ3v) is 4.00. The molecule has 0 aliphatic carbocycles. The molecule has 0 aromatic carbocycles. The van der Waals surface area contributed by atoms with Gasteiger partial charge in [0.15, 0.2) is 0 Å². The normalized spacial score (nSPS) is 17.9. The molecule has 1 unspecified atom stereocenters. The first-order valence-electron chi connectivity index (χ1n) is 5.02. The van der Waals surface area contributed by atoms with Gasteiger partial charge in [0.1, 0.15) is 0 Å². The summed E-state index contributed by atoms with van der Waals surface area (Å²) in [5.41, 5.74) is 0.509. The Morgan fingerprint density at radius 2 is 1.64 bits per heavy atom. The second-order valence-corrected chi connectivity index (χ2v) is 8.08. The molecule has 0 amide bonds. The first-order valence-corrected chi connectivity index (χ1v) is 7.16. The van der Waals surface area contributed by atoms with Crippen molar-refractivity contribution in [1.29, 1.82) is 0 Å². The molecule has 86 valence electrons. The van der Waals surface area contributed by atoms with Gasteiger partial charge >= 0.3 is 0 Å². The van der Waals surface area contributed by atoms with Crippen LogP contribution < -0.4 is 4.72 Å². The van der Waals surface area contributed by atoms with E-state index in [1.807, 2.05) is 0 Å². The van der Waals surface area contributed by atoms with Crippen molar-refractivity contribution in [3.05, 3.63) is 0 Å². The minimum Gasteiger partial charge on any atom is -0.253 e. The maximum absolute atomic E-state index is 11.3. The van der Waals surface area contributed by atoms with Crippen LogP contribution in [-0.4, -0.2) is 22.9 Å². The van der Waals surface area contributed by atoms with Crippen molar-refractivity contribution in [2.24, 2.45) is 10.8 Å². The van der Waals surface area contributed by atoms with Crippen LogP contribution in [0, 0.1) is 10.8 Å². The molecular weight excluding hydrogens is 194 g/mol. The highest BCUT2D eigenvalue weighted by Crippen LogP contribution is 2.40. The van der Waals surface area contributed by atoms with Crippen molar-refractivity contribution in [3.63, 3.8) is 0 Å². The minimum atomic E-state index is -2.04. The average molecular weight is 219 g/mol. The van der Waals surface area contributed by atoms with Gasteiger partial charge in [-0.25, -0.2) is 4.72 Å². The molecule has 0 saturated heterocycles. The lowest BCUT2D eigenvalue weighted by Crippen LogP contribution is -2.34. The predicted molar refractivity (Wildman–Crippen MR) is 67.0 cm³/mol. The lowest BCUT2D eigenvalue weighted by Gasteiger charge is -2.39. The van der Waals surface area contributed by atoms with Crippen molar-refractivity contribution in [2.75, 3.05) is 12.8 Å². The van der Waals surface area contributed by atoms with E-state index in [1.165, 1.54) is 0 Å². The fourth-order valence-electron chi connectivity index (χ4n) is 0.954. The van der Waals surface area contributed by atoms with Gasteiger partial charge in [-0.05, 0) is 23.1 Å². The topological polar surface area (TPSA) is 29.1 Å². The van der Waals surface area contributed by atoms with Crippen LogP contribution in [-0.2, 0) is 9.71 Å². The predicted octanol–water partition coefficient (Wildman–Crippen LogP) is 2.30. The average Bonchev–Trinajstić information content (AvgIpc) is 1.80. The third kappa shape index (κ3) is 5.01. The smallest absolute Gasteiger partial charge is 0.0219 e. The lowest BCUT2D eigenvalue weighted by molar-refractivity contribution is 0.122. The van der Waals surface area contributed by atoms with Gasteiger partial charge in [0, 0.05) is 22.5 Å². The summed E-state index contributed by atoms with van der Waals surface area (Å²) in [6.07, 6.45) is 2.65. The molecular formula is C11H25NOS. The van der Waals surface area contributed by atoms with Crippen LogP contribution in [0.4, 0.5) is 0 Å². The molecule has 1 N–H and O–H groups in total. The third-order valence-electron chi connectivity index (χ3n) is 3.19. The van der Waals surface area contributed by atoms with Crippen LogP contribution >= 0.6 is 0 Å². The molecule has 2 nitrogen and oxygen atoms in total. The Morgan fingerprint density at radius 1 is 1.21 bits per heavy atom. The molecule has 0 aromatic rings. The SMILES string of the molecule is C=S(C)(=O)NCCC(C)(C)C(C)(C)C. The highest BCUT2D eigenvalue weighted by molar-refractivity contribution is 7.97. The van der Waals surface area contributed by atoms with E-state index in [0.29, 0.717) is 0 Å². The van der Waals surface area contributed by atoms with Gasteiger partial charge in [-0.1, -0.05) is 34.6 Å². The molecule has 0 bridgehead atoms. The Labute approximate surface area is 89.6 Å². The van der Waals surface area contributed by atoms with E-state index >= 15 is 0 Å². The van der Waals surface area contributed by atoms with E-state index < -0.39 is 9.71 Å². The summed E-state index contributed by atoms with van der Waals surface area (Å²) in [5.74, 6) is 3.57. The van der Waals surface area contributed by atoms with Crippen LogP contribution in [0.15, 0.2) is 0 Å². The molecule has 3 heteroatoms. The minimum absolute atomic E-state index is 0.241. The van der Waals surface area contributed by atoms with Gasteiger partial charge in [-0.2, -0.15) is 0 Å². The zero-order chi connectivity index (χ0) is 11.6. The van der Waals surface area contributed by atoms with Gasteiger partial charge in [-0.3, -0.25) is 4.21 Å². The lowest BCUT2D eigenvalue weighted by atomic mass is 9.67. The van der Waals surface area contributed by atoms with Crippen molar-refractivity contribution >= 4 is 15.6 Å². The quantitative estimate of drug-likeness (QED) is 0.722. The number of nitrogens with one attached hydrogen (secondary N) is 1. The summed E-state index contributed by atoms with van der Waals surface area (Å²) >= 11 is 0. The molecule has 14 heavy (non-hydrogen) atoms. The van der Waals surface area contributed by atoms with Crippen LogP contribution in [0.25, 0.3) is 0 Å². The van der Waals surface area contributed by atoms with Crippen molar-refractivity contribution < 1.29 is 4.21 Å². The van der Waals surface area contributed by atoms with E-state index in [2.05, 4.69) is 45.2 Å². The Kier molecular flexibility index (Phi) is 4.23. The standard InChI is InChI=1S/C11H25NOS/c1-10(2,3)11(4,5)8-9-12-14(6,7)13/h6,8-9H2,1-5,7H3,(H,12,13). The summed E-state index contributed by atoms with van der Waals surface area (Å²) in [6, 6.07) is 0. The van der Waals surface area contributed by atoms with E-state index in [1.54, 1.807) is 6.26 Å². The van der Waals surface area contributed by atoms with Crippen molar-refractivity contribution in [3.8, 4) is 0 Å². The molecule has 0 aliphatic rings. The van der Waals surface area contributed by atoms with Gasteiger partial charge in [0.25, 0.3) is 0 Å².